The van der Waals surface area contributed by atoms with Crippen molar-refractivity contribution in [2.24, 2.45) is 0 Å². The largest absolute Gasteiger partial charge is 0.257 e. The molecule has 2 rings (SSSR count). The molecule has 0 N–H and O–H groups in total. The van der Waals surface area contributed by atoms with E-state index in [1.807, 2.05) is 0 Å². The fraction of sp³-hybridized carbons (Fsp3) is 0. The molecule has 0 unspecified atom stereocenters. The van der Waals surface area contributed by atoms with Gasteiger partial charge in [-0.3, -0.25) is 4.98 Å². The molecule has 0 spiro atoms. The van der Waals surface area contributed by atoms with E-state index >= 15 is 0 Å². The zero-order valence-corrected chi connectivity index (χ0v) is 10.1. The number of hydrogen-bond acceptors (Lipinski definition) is 3. The van der Waals surface area contributed by atoms with E-state index in [2.05, 4.69) is 4.98 Å². The predicted molar refractivity (Wildman–Crippen MR) is 66.9 cm³/mol. The number of nitrogens with zero attached hydrogens (tertiary/aromatic N) is 1. The number of pyridine rings is 1. The molecule has 3 nitrogen and oxygen atoms in total. The predicted octanol–water partition coefficient (Wildman–Crippen LogP) is 2.67. The van der Waals surface area contributed by atoms with E-state index in [9.17, 15) is 12.8 Å². The first kappa shape index (κ1) is 12.4. The van der Waals surface area contributed by atoms with Crippen molar-refractivity contribution in [1.29, 1.82) is 0 Å². The summed E-state index contributed by atoms with van der Waals surface area (Å²) in [4.78, 5) is 4.03. The second kappa shape index (κ2) is 5.10. The van der Waals surface area contributed by atoms with Gasteiger partial charge in [0.1, 0.15) is 5.82 Å². The van der Waals surface area contributed by atoms with E-state index in [4.69, 9.17) is 0 Å². The molecule has 0 amide bonds. The zero-order valence-electron chi connectivity index (χ0n) is 9.32. The Balaban J connectivity index is 2.28. The van der Waals surface area contributed by atoms with Crippen LogP contribution in [0.15, 0.2) is 59.0 Å². The topological polar surface area (TPSA) is 47.0 Å². The van der Waals surface area contributed by atoms with Crippen molar-refractivity contribution in [1.82, 2.24) is 4.98 Å². The smallest absolute Gasteiger partial charge is 0.199 e. The van der Waals surface area contributed by atoms with Crippen molar-refractivity contribution < 1.29 is 12.8 Å². The lowest BCUT2D eigenvalue weighted by molar-refractivity contribution is 0.603. The quantitative estimate of drug-likeness (QED) is 0.800. The molecule has 0 aliphatic carbocycles. The summed E-state index contributed by atoms with van der Waals surface area (Å²) in [6.45, 7) is 0. The van der Waals surface area contributed by atoms with E-state index in [0.717, 1.165) is 17.5 Å². The highest BCUT2D eigenvalue weighted by atomic mass is 32.2. The average Bonchev–Trinajstić information content (AvgIpc) is 2.38. The molecule has 0 aliphatic rings. The molecule has 1 aromatic heterocycles. The minimum absolute atomic E-state index is 0.0519. The van der Waals surface area contributed by atoms with Gasteiger partial charge < -0.3 is 0 Å². The lowest BCUT2D eigenvalue weighted by Crippen LogP contribution is -1.96. The fourth-order valence-electron chi connectivity index (χ4n) is 1.34. The Morgan fingerprint density at radius 3 is 2.39 bits per heavy atom. The van der Waals surface area contributed by atoms with Crippen molar-refractivity contribution in [2.75, 3.05) is 0 Å². The van der Waals surface area contributed by atoms with E-state index in [1.165, 1.54) is 18.2 Å². The molecule has 0 saturated carbocycles. The van der Waals surface area contributed by atoms with Gasteiger partial charge >= 0.3 is 0 Å². The van der Waals surface area contributed by atoms with E-state index in [-0.39, 0.29) is 4.90 Å². The molecule has 0 bridgehead atoms. The van der Waals surface area contributed by atoms with Crippen molar-refractivity contribution in [3.8, 4) is 0 Å². The number of hydrogen-bond donors (Lipinski definition) is 0. The minimum Gasteiger partial charge on any atom is -0.257 e. The van der Waals surface area contributed by atoms with Crippen LogP contribution in [0.25, 0.3) is 6.08 Å². The Morgan fingerprint density at radius 1 is 1.06 bits per heavy atom. The highest BCUT2D eigenvalue weighted by Crippen LogP contribution is 2.14. The van der Waals surface area contributed by atoms with Gasteiger partial charge in [0, 0.05) is 11.6 Å². The lowest BCUT2D eigenvalue weighted by atomic mass is 10.3. The minimum atomic E-state index is -3.56. The summed E-state index contributed by atoms with van der Waals surface area (Å²) in [6.07, 6.45) is 2.98. The first-order valence-electron chi connectivity index (χ1n) is 5.18. The Labute approximate surface area is 105 Å². The van der Waals surface area contributed by atoms with Gasteiger partial charge in [0.2, 0.25) is 0 Å². The first-order chi connectivity index (χ1) is 8.58. The molecule has 0 radical (unpaired) electrons. The Morgan fingerprint density at radius 2 is 1.78 bits per heavy atom. The molecule has 0 saturated heterocycles. The van der Waals surface area contributed by atoms with Crippen LogP contribution >= 0.6 is 0 Å². The van der Waals surface area contributed by atoms with Crippen LogP contribution in [0.4, 0.5) is 4.39 Å². The molecule has 2 aromatic rings. The Hall–Kier alpha value is -2.01. The summed E-state index contributed by atoms with van der Waals surface area (Å²) in [6, 6.07) is 9.88. The maximum Gasteiger partial charge on any atom is 0.199 e. The van der Waals surface area contributed by atoms with Crippen LogP contribution in [-0.4, -0.2) is 13.4 Å². The average molecular weight is 263 g/mol. The van der Waals surface area contributed by atoms with Gasteiger partial charge in [-0.1, -0.05) is 6.07 Å². The third-order valence-corrected chi connectivity index (χ3v) is 3.67. The van der Waals surface area contributed by atoms with Crippen molar-refractivity contribution in [3.05, 3.63) is 65.6 Å². The molecule has 18 heavy (non-hydrogen) atoms. The zero-order chi connectivity index (χ0) is 13.0. The summed E-state index contributed by atoms with van der Waals surface area (Å²) >= 11 is 0. The van der Waals surface area contributed by atoms with Gasteiger partial charge in [-0.2, -0.15) is 0 Å². The van der Waals surface area contributed by atoms with Crippen LogP contribution in [0.3, 0.4) is 0 Å². The van der Waals surface area contributed by atoms with E-state index < -0.39 is 15.7 Å². The second-order valence-electron chi connectivity index (χ2n) is 3.56. The van der Waals surface area contributed by atoms with Gasteiger partial charge in [0.25, 0.3) is 0 Å². The summed E-state index contributed by atoms with van der Waals surface area (Å²) in [7, 11) is -3.56. The third kappa shape index (κ3) is 3.01. The van der Waals surface area contributed by atoms with Gasteiger partial charge in [0.15, 0.2) is 9.84 Å². The third-order valence-electron chi connectivity index (χ3n) is 2.25. The van der Waals surface area contributed by atoms with Gasteiger partial charge in [0.05, 0.1) is 10.6 Å². The van der Waals surface area contributed by atoms with Crippen LogP contribution in [0.1, 0.15) is 5.69 Å². The van der Waals surface area contributed by atoms with Crippen LogP contribution < -0.4 is 0 Å². The van der Waals surface area contributed by atoms with E-state index in [0.29, 0.717) is 5.69 Å². The van der Waals surface area contributed by atoms with Crippen LogP contribution in [-0.2, 0) is 9.84 Å². The molecular weight excluding hydrogens is 253 g/mol. The summed E-state index contributed by atoms with van der Waals surface area (Å²) in [5.41, 5.74) is 0.545. The monoisotopic (exact) mass is 263 g/mol. The normalized spacial score (nSPS) is 11.8. The van der Waals surface area contributed by atoms with Gasteiger partial charge in [-0.15, -0.1) is 0 Å². The molecule has 92 valence electrons. The number of benzene rings is 1. The van der Waals surface area contributed by atoms with Crippen molar-refractivity contribution in [3.63, 3.8) is 0 Å². The lowest BCUT2D eigenvalue weighted by Gasteiger charge is -1.98. The molecule has 1 aromatic carbocycles. The van der Waals surface area contributed by atoms with Crippen molar-refractivity contribution in [2.45, 2.75) is 4.90 Å². The molecule has 1 heterocycles. The molecule has 0 fully saturated rings. The Kier molecular flexibility index (Phi) is 3.53. The van der Waals surface area contributed by atoms with Gasteiger partial charge in [-0.05, 0) is 42.5 Å². The van der Waals surface area contributed by atoms with Crippen molar-refractivity contribution >= 4 is 15.9 Å². The Bertz CT molecular complexity index is 649. The molecule has 0 atom stereocenters. The highest BCUT2D eigenvalue weighted by molar-refractivity contribution is 7.94. The SMILES string of the molecule is O=S(=O)(/C=C/c1ccccn1)c1ccc(F)cc1. The number of halogens is 1. The maximum absolute atomic E-state index is 12.7. The number of aromatic nitrogens is 1. The first-order valence-corrected chi connectivity index (χ1v) is 6.72. The standard InChI is InChI=1S/C13H10FNO2S/c14-11-4-6-13(7-5-11)18(16,17)10-8-12-3-1-2-9-15-12/h1-10H/b10-8+. The van der Waals surface area contributed by atoms with E-state index in [1.54, 1.807) is 24.4 Å². The second-order valence-corrected chi connectivity index (χ2v) is 5.39. The van der Waals surface area contributed by atoms with Crippen LogP contribution in [0, 0.1) is 5.82 Å². The molecule has 0 aliphatic heterocycles. The summed E-state index contributed by atoms with van der Waals surface area (Å²) in [5.74, 6) is -0.470. The van der Waals surface area contributed by atoms with Crippen LogP contribution in [0.2, 0.25) is 0 Å². The summed E-state index contributed by atoms with van der Waals surface area (Å²) < 4.78 is 36.5. The molecule has 5 heteroatoms. The number of rotatable bonds is 3. The summed E-state index contributed by atoms with van der Waals surface area (Å²) in [5, 5.41) is 1.06. The van der Waals surface area contributed by atoms with Gasteiger partial charge in [-0.25, -0.2) is 12.8 Å². The highest BCUT2D eigenvalue weighted by Gasteiger charge is 2.09. The fourth-order valence-corrected chi connectivity index (χ4v) is 2.33. The molecular formula is C13H10FNO2S. The van der Waals surface area contributed by atoms with Crippen LogP contribution in [0.5, 0.6) is 0 Å². The number of sulfone groups is 1. The maximum atomic E-state index is 12.7.